The van der Waals surface area contributed by atoms with Gasteiger partial charge in [-0.2, -0.15) is 0 Å². The van der Waals surface area contributed by atoms with Gasteiger partial charge in [0.1, 0.15) is 18.3 Å². The molecular weight excluding hydrogens is 352 g/mol. The van der Waals surface area contributed by atoms with Gasteiger partial charge in [0.2, 0.25) is 0 Å². The normalized spacial score (nSPS) is 12.3. The topological polar surface area (TPSA) is 80.3 Å². The first-order valence-electron chi connectivity index (χ1n) is 8.33. The minimum Gasteiger partial charge on any atom is -0.497 e. The van der Waals surface area contributed by atoms with Crippen LogP contribution in [0.3, 0.4) is 0 Å². The predicted octanol–water partition coefficient (Wildman–Crippen LogP) is 2.78. The zero-order valence-electron chi connectivity index (χ0n) is 16.1. The minimum atomic E-state index is -0.487. The van der Waals surface area contributed by atoms with Crippen molar-refractivity contribution in [3.05, 3.63) is 42.0 Å². The Balaban J connectivity index is 2.66. The summed E-state index contributed by atoms with van der Waals surface area (Å²) in [6.07, 6.45) is 6.21. The molecule has 1 aromatic carbocycles. The first-order valence-corrected chi connectivity index (χ1v) is 8.33. The number of benzene rings is 1. The molecule has 1 atom stereocenters. The van der Waals surface area contributed by atoms with Gasteiger partial charge in [0, 0.05) is 31.2 Å². The molecule has 0 radical (unpaired) electrons. The Hall–Kier alpha value is -2.64. The van der Waals surface area contributed by atoms with Crippen molar-refractivity contribution in [3.8, 4) is 11.5 Å². The highest BCUT2D eigenvalue weighted by Crippen LogP contribution is 2.25. The number of carbonyl (C=O) groups excluding carboxylic acids is 2. The third-order valence-corrected chi connectivity index (χ3v) is 3.61. The molecule has 7 heteroatoms. The van der Waals surface area contributed by atoms with Crippen LogP contribution >= 0.6 is 0 Å². The Kier molecular flexibility index (Phi) is 10.5. The number of hydrogen-bond acceptors (Lipinski definition) is 7. The number of esters is 1. The summed E-state index contributed by atoms with van der Waals surface area (Å²) in [4.78, 5) is 23.4. The molecule has 0 saturated heterocycles. The highest BCUT2D eigenvalue weighted by atomic mass is 16.7. The lowest BCUT2D eigenvalue weighted by atomic mass is 10.1. The molecule has 0 N–H and O–H groups in total. The van der Waals surface area contributed by atoms with Gasteiger partial charge in [-0.1, -0.05) is 0 Å². The molecule has 1 rings (SSSR count). The second-order valence-electron chi connectivity index (χ2n) is 5.44. The Morgan fingerprint density at radius 1 is 1.07 bits per heavy atom. The van der Waals surface area contributed by atoms with E-state index in [0.29, 0.717) is 17.9 Å². The van der Waals surface area contributed by atoms with Crippen LogP contribution in [0.1, 0.15) is 18.4 Å². The summed E-state index contributed by atoms with van der Waals surface area (Å²) in [6.45, 7) is 0.0588. The lowest BCUT2D eigenvalue weighted by molar-refractivity contribution is -0.135. The van der Waals surface area contributed by atoms with Crippen LogP contribution in [-0.2, 0) is 23.8 Å². The van der Waals surface area contributed by atoms with Crippen molar-refractivity contribution >= 4 is 17.8 Å². The Morgan fingerprint density at radius 3 is 2.48 bits per heavy atom. The Labute approximate surface area is 159 Å². The molecule has 27 heavy (non-hydrogen) atoms. The van der Waals surface area contributed by atoms with Gasteiger partial charge >= 0.3 is 5.97 Å². The standard InChI is InChI=1S/C20H26O7/c1-23-14-27-17(11-12-20(22)26-4)10-8-16(21)7-5-15-6-9-18(24-2)13-19(15)25-3/h5-7,9,11-13,17H,8,10,14H2,1-4H3/b7-5+,12-11+/t17-/m0/s1. The van der Waals surface area contributed by atoms with E-state index < -0.39 is 12.1 Å². The number of hydrogen-bond donors (Lipinski definition) is 0. The van der Waals surface area contributed by atoms with Crippen molar-refractivity contribution in [1.82, 2.24) is 0 Å². The molecule has 0 fully saturated rings. The molecule has 148 valence electrons. The molecule has 1 aromatic rings. The maximum atomic E-state index is 12.2. The molecule has 0 unspecified atom stereocenters. The van der Waals surface area contributed by atoms with Crippen molar-refractivity contribution in [1.29, 1.82) is 0 Å². The van der Waals surface area contributed by atoms with Crippen molar-refractivity contribution in [2.24, 2.45) is 0 Å². The summed E-state index contributed by atoms with van der Waals surface area (Å²) in [7, 11) is 5.92. The molecule has 0 aromatic heterocycles. The summed E-state index contributed by atoms with van der Waals surface area (Å²) in [5, 5.41) is 0. The quantitative estimate of drug-likeness (QED) is 0.314. The molecule has 0 aliphatic heterocycles. The third-order valence-electron chi connectivity index (χ3n) is 3.61. The van der Waals surface area contributed by atoms with Crippen molar-refractivity contribution in [2.45, 2.75) is 18.9 Å². The molecule has 0 saturated carbocycles. The number of carbonyl (C=O) groups is 2. The van der Waals surface area contributed by atoms with Crippen molar-refractivity contribution in [2.75, 3.05) is 35.2 Å². The number of ketones is 1. The van der Waals surface area contributed by atoms with Gasteiger partial charge in [-0.25, -0.2) is 4.79 Å². The monoisotopic (exact) mass is 378 g/mol. The van der Waals surface area contributed by atoms with E-state index in [1.807, 2.05) is 6.07 Å². The van der Waals surface area contributed by atoms with Crippen molar-refractivity contribution < 1.29 is 33.3 Å². The summed E-state index contributed by atoms with van der Waals surface area (Å²) >= 11 is 0. The molecule has 0 spiro atoms. The zero-order valence-corrected chi connectivity index (χ0v) is 16.1. The summed E-state index contributed by atoms with van der Waals surface area (Å²) in [6, 6.07) is 5.35. The van der Waals surface area contributed by atoms with Crippen LogP contribution in [0.15, 0.2) is 36.4 Å². The van der Waals surface area contributed by atoms with Gasteiger partial charge in [0.15, 0.2) is 5.78 Å². The van der Waals surface area contributed by atoms with E-state index in [9.17, 15) is 9.59 Å². The summed E-state index contributed by atoms with van der Waals surface area (Å²) < 4.78 is 25.3. The lowest BCUT2D eigenvalue weighted by Crippen LogP contribution is -2.14. The van der Waals surface area contributed by atoms with Crippen LogP contribution in [-0.4, -0.2) is 53.1 Å². The highest BCUT2D eigenvalue weighted by molar-refractivity contribution is 5.94. The van der Waals surface area contributed by atoms with Crippen molar-refractivity contribution in [3.63, 3.8) is 0 Å². The van der Waals surface area contributed by atoms with E-state index in [-0.39, 0.29) is 19.0 Å². The number of ether oxygens (including phenoxy) is 5. The molecule has 0 bridgehead atoms. The fourth-order valence-electron chi connectivity index (χ4n) is 2.15. The van der Waals surface area contributed by atoms with Gasteiger partial charge in [0.05, 0.1) is 27.4 Å². The number of allylic oxidation sites excluding steroid dienone is 1. The first kappa shape index (κ1) is 22.4. The minimum absolute atomic E-state index is 0.0588. The first-order chi connectivity index (χ1) is 13.0. The van der Waals surface area contributed by atoms with E-state index in [1.165, 1.54) is 26.4 Å². The summed E-state index contributed by atoms with van der Waals surface area (Å²) in [5.41, 5.74) is 0.768. The third kappa shape index (κ3) is 8.52. The average molecular weight is 378 g/mol. The molecule has 0 aliphatic carbocycles. The molecule has 7 nitrogen and oxygen atoms in total. The smallest absolute Gasteiger partial charge is 0.330 e. The van der Waals surface area contributed by atoms with Gasteiger partial charge in [-0.05, 0) is 36.8 Å². The average Bonchev–Trinajstić information content (AvgIpc) is 2.70. The van der Waals surface area contributed by atoms with Gasteiger partial charge < -0.3 is 23.7 Å². The molecule has 0 aliphatic rings. The second-order valence-corrected chi connectivity index (χ2v) is 5.44. The molecular formula is C20H26O7. The number of rotatable bonds is 12. The van der Waals surface area contributed by atoms with E-state index in [4.69, 9.17) is 18.9 Å². The zero-order chi connectivity index (χ0) is 20.1. The maximum Gasteiger partial charge on any atom is 0.330 e. The molecule has 0 heterocycles. The van der Waals surface area contributed by atoms with Crippen LogP contribution in [0.5, 0.6) is 11.5 Å². The van der Waals surface area contributed by atoms with E-state index in [1.54, 1.807) is 38.5 Å². The van der Waals surface area contributed by atoms with E-state index >= 15 is 0 Å². The SMILES string of the molecule is COCO[C@H](/C=C/C(=O)OC)CCC(=O)/C=C/c1ccc(OC)cc1OC. The Morgan fingerprint density at radius 2 is 1.85 bits per heavy atom. The van der Waals surface area contributed by atoms with E-state index in [2.05, 4.69) is 4.74 Å². The lowest BCUT2D eigenvalue weighted by Gasteiger charge is -2.12. The highest BCUT2D eigenvalue weighted by Gasteiger charge is 2.09. The van der Waals surface area contributed by atoms with Crippen LogP contribution in [0.4, 0.5) is 0 Å². The fourth-order valence-corrected chi connectivity index (χ4v) is 2.15. The van der Waals surface area contributed by atoms with Gasteiger partial charge in [-0.15, -0.1) is 0 Å². The Bertz CT molecular complexity index is 664. The largest absolute Gasteiger partial charge is 0.497 e. The van der Waals surface area contributed by atoms with Gasteiger partial charge in [0.25, 0.3) is 0 Å². The predicted molar refractivity (Wildman–Crippen MR) is 101 cm³/mol. The fraction of sp³-hybridized carbons (Fsp3) is 0.400. The van der Waals surface area contributed by atoms with Gasteiger partial charge in [-0.3, -0.25) is 4.79 Å². The maximum absolute atomic E-state index is 12.2. The molecule has 0 amide bonds. The van der Waals surface area contributed by atoms with Crippen LogP contribution in [0, 0.1) is 0 Å². The van der Waals surface area contributed by atoms with Crippen LogP contribution in [0.25, 0.3) is 6.08 Å². The van der Waals surface area contributed by atoms with E-state index in [0.717, 1.165) is 5.56 Å². The summed E-state index contributed by atoms with van der Waals surface area (Å²) in [5.74, 6) is 0.718. The van der Waals surface area contributed by atoms with Crippen LogP contribution < -0.4 is 9.47 Å². The number of methoxy groups -OCH3 is 4. The van der Waals surface area contributed by atoms with Crippen LogP contribution in [0.2, 0.25) is 0 Å². The second kappa shape index (κ2) is 12.7.